The summed E-state index contributed by atoms with van der Waals surface area (Å²) in [5, 5.41) is 0.605. The summed E-state index contributed by atoms with van der Waals surface area (Å²) in [6.07, 6.45) is 4.38. The van der Waals surface area contributed by atoms with Crippen LogP contribution in [0.5, 0.6) is 0 Å². The van der Waals surface area contributed by atoms with E-state index in [1.165, 1.54) is 10.0 Å². The lowest BCUT2D eigenvalue weighted by Crippen LogP contribution is -2.13. The Labute approximate surface area is 120 Å². The summed E-state index contributed by atoms with van der Waals surface area (Å²) in [5.74, 6) is 0.680. The average Bonchev–Trinajstić information content (AvgIpc) is 2.36. The van der Waals surface area contributed by atoms with E-state index in [0.717, 1.165) is 18.2 Å². The Morgan fingerprint density at radius 1 is 1.44 bits per heavy atom. The van der Waals surface area contributed by atoms with Crippen LogP contribution in [0.3, 0.4) is 0 Å². The molecule has 3 nitrogen and oxygen atoms in total. The molecule has 0 aromatic heterocycles. The van der Waals surface area contributed by atoms with Crippen LogP contribution >= 0.6 is 29.7 Å². The SMILES string of the molecule is C=CC(=O)OCCOCCCS(C)(SCl)C(C)C. The van der Waals surface area contributed by atoms with E-state index in [1.54, 1.807) is 0 Å². The van der Waals surface area contributed by atoms with Gasteiger partial charge in [0.2, 0.25) is 0 Å². The molecule has 0 bridgehead atoms. The minimum absolute atomic E-state index is 0.281. The normalized spacial score (nSPS) is 16.1. The van der Waals surface area contributed by atoms with E-state index >= 15 is 0 Å². The number of ether oxygens (including phenoxy) is 2. The summed E-state index contributed by atoms with van der Waals surface area (Å²) in [5.41, 5.74) is 0. The van der Waals surface area contributed by atoms with E-state index in [4.69, 9.17) is 20.2 Å². The Balaban J connectivity index is 3.56. The number of carbonyl (C=O) groups is 1. The van der Waals surface area contributed by atoms with Crippen LogP contribution in [0, 0.1) is 0 Å². The molecule has 1 unspecified atom stereocenters. The summed E-state index contributed by atoms with van der Waals surface area (Å²) in [6.45, 7) is 9.12. The lowest BCUT2D eigenvalue weighted by molar-refractivity contribution is -0.139. The fourth-order valence-electron chi connectivity index (χ4n) is 1.15. The van der Waals surface area contributed by atoms with Gasteiger partial charge < -0.3 is 9.47 Å². The summed E-state index contributed by atoms with van der Waals surface area (Å²) in [4.78, 5) is 10.7. The molecule has 0 aliphatic heterocycles. The first kappa shape index (κ1) is 18.2. The van der Waals surface area contributed by atoms with Crippen molar-refractivity contribution in [1.82, 2.24) is 0 Å². The number of hydrogen-bond donors (Lipinski definition) is 0. The van der Waals surface area contributed by atoms with Gasteiger partial charge in [-0.25, -0.2) is 4.79 Å². The Bertz CT molecular complexity index is 262. The van der Waals surface area contributed by atoms with Crippen molar-refractivity contribution >= 4 is 35.7 Å². The van der Waals surface area contributed by atoms with E-state index in [2.05, 4.69) is 26.7 Å². The Morgan fingerprint density at radius 3 is 2.61 bits per heavy atom. The number of carbonyl (C=O) groups excluding carboxylic acids is 1. The first-order valence-electron chi connectivity index (χ1n) is 5.88. The molecule has 0 aromatic carbocycles. The first-order valence-corrected chi connectivity index (χ1v) is 10.3. The van der Waals surface area contributed by atoms with Crippen LogP contribution in [-0.2, 0) is 14.3 Å². The van der Waals surface area contributed by atoms with Crippen LogP contribution in [0.25, 0.3) is 0 Å². The standard InChI is InChI=1S/C12H23ClO3S2/c1-5-12(14)16-9-8-15-7-6-10-18(4,17-13)11(2)3/h5,11H,1,6-10H2,2-4H3. The van der Waals surface area contributed by atoms with Crippen LogP contribution < -0.4 is 0 Å². The van der Waals surface area contributed by atoms with E-state index in [1.807, 2.05) is 0 Å². The van der Waals surface area contributed by atoms with Crippen molar-refractivity contribution in [2.24, 2.45) is 0 Å². The topological polar surface area (TPSA) is 35.5 Å². The minimum Gasteiger partial charge on any atom is -0.460 e. The highest BCUT2D eigenvalue weighted by atomic mass is 35.7. The molecule has 0 rings (SSSR count). The van der Waals surface area contributed by atoms with Crippen LogP contribution in [0.15, 0.2) is 12.7 Å². The molecule has 1 atom stereocenters. The van der Waals surface area contributed by atoms with Gasteiger partial charge in [0.15, 0.2) is 0 Å². The van der Waals surface area contributed by atoms with Gasteiger partial charge in [-0.05, 0) is 44.4 Å². The highest BCUT2D eigenvalue weighted by molar-refractivity contribution is 9.00. The molecular formula is C12H23ClO3S2. The lowest BCUT2D eigenvalue weighted by Gasteiger charge is -2.36. The first-order chi connectivity index (χ1) is 8.46. The zero-order valence-electron chi connectivity index (χ0n) is 11.3. The molecule has 6 heteroatoms. The molecule has 0 radical (unpaired) electrons. The van der Waals surface area contributed by atoms with E-state index in [-0.39, 0.29) is 6.61 Å². The second-order valence-electron chi connectivity index (χ2n) is 4.23. The van der Waals surface area contributed by atoms with Gasteiger partial charge >= 0.3 is 5.97 Å². The molecular weight excluding hydrogens is 292 g/mol. The second kappa shape index (κ2) is 10.0. The van der Waals surface area contributed by atoms with Crippen molar-refractivity contribution in [3.63, 3.8) is 0 Å². The fraction of sp³-hybridized carbons (Fsp3) is 0.750. The largest absolute Gasteiger partial charge is 0.460 e. The van der Waals surface area contributed by atoms with Crippen molar-refractivity contribution in [2.45, 2.75) is 25.5 Å². The van der Waals surface area contributed by atoms with Gasteiger partial charge in [0.05, 0.1) is 6.61 Å². The van der Waals surface area contributed by atoms with E-state index in [9.17, 15) is 4.79 Å². The highest BCUT2D eigenvalue weighted by Gasteiger charge is 2.22. The third-order valence-electron chi connectivity index (χ3n) is 2.62. The molecule has 0 aliphatic carbocycles. The summed E-state index contributed by atoms with van der Waals surface area (Å²) in [7, 11) is 6.64. The molecule has 0 saturated carbocycles. The molecule has 0 heterocycles. The molecule has 0 aromatic rings. The van der Waals surface area contributed by atoms with Gasteiger partial charge in [0.1, 0.15) is 6.61 Å². The molecule has 0 amide bonds. The van der Waals surface area contributed by atoms with Crippen molar-refractivity contribution in [2.75, 3.05) is 31.8 Å². The van der Waals surface area contributed by atoms with Crippen molar-refractivity contribution in [3.8, 4) is 0 Å². The molecule has 0 spiro atoms. The molecule has 18 heavy (non-hydrogen) atoms. The summed E-state index contributed by atoms with van der Waals surface area (Å²) < 4.78 is 10.2. The average molecular weight is 315 g/mol. The van der Waals surface area contributed by atoms with Crippen LogP contribution in [-0.4, -0.2) is 43.0 Å². The van der Waals surface area contributed by atoms with Gasteiger partial charge in [0.25, 0.3) is 0 Å². The monoisotopic (exact) mass is 314 g/mol. The van der Waals surface area contributed by atoms with Crippen molar-refractivity contribution < 1.29 is 14.3 Å². The van der Waals surface area contributed by atoms with E-state index in [0.29, 0.717) is 18.5 Å². The van der Waals surface area contributed by atoms with Crippen LogP contribution in [0.4, 0.5) is 0 Å². The molecule has 0 N–H and O–H groups in total. The van der Waals surface area contributed by atoms with Gasteiger partial charge in [0, 0.05) is 12.7 Å². The van der Waals surface area contributed by atoms with Gasteiger partial charge in [-0.2, -0.15) is 9.06 Å². The van der Waals surface area contributed by atoms with Crippen LogP contribution in [0.1, 0.15) is 20.3 Å². The maximum Gasteiger partial charge on any atom is 0.330 e. The zero-order chi connectivity index (χ0) is 14.0. The van der Waals surface area contributed by atoms with Crippen LogP contribution in [0.2, 0.25) is 0 Å². The zero-order valence-corrected chi connectivity index (χ0v) is 13.7. The minimum atomic E-state index is -0.800. The summed E-state index contributed by atoms with van der Waals surface area (Å²) in [6, 6.07) is 0. The van der Waals surface area contributed by atoms with E-state index < -0.39 is 15.0 Å². The Hall–Kier alpha value is 0.160. The number of rotatable bonds is 10. The summed E-state index contributed by atoms with van der Waals surface area (Å²) >= 11 is 0. The predicted octanol–water partition coefficient (Wildman–Crippen LogP) is 3.77. The quantitative estimate of drug-likeness (QED) is 0.266. The maximum atomic E-state index is 10.7. The molecule has 0 aliphatic rings. The highest BCUT2D eigenvalue weighted by Crippen LogP contribution is 2.62. The van der Waals surface area contributed by atoms with Crippen molar-refractivity contribution in [3.05, 3.63) is 12.7 Å². The predicted molar refractivity (Wildman–Crippen MR) is 83.6 cm³/mol. The third kappa shape index (κ3) is 7.56. The Morgan fingerprint density at radius 2 is 2.11 bits per heavy atom. The lowest BCUT2D eigenvalue weighted by atomic mass is 10.5. The smallest absolute Gasteiger partial charge is 0.330 e. The molecule has 0 fully saturated rings. The molecule has 108 valence electrons. The third-order valence-corrected chi connectivity index (χ3v) is 11.1. The van der Waals surface area contributed by atoms with Gasteiger partial charge in [-0.1, -0.05) is 20.4 Å². The fourth-order valence-corrected chi connectivity index (χ4v) is 5.38. The number of esters is 1. The maximum absolute atomic E-state index is 10.7. The Kier molecular flexibility index (Phi) is 10.1. The van der Waals surface area contributed by atoms with Gasteiger partial charge in [-0.3, -0.25) is 0 Å². The molecule has 0 saturated heterocycles. The number of hydrogen-bond acceptors (Lipinski definition) is 4. The van der Waals surface area contributed by atoms with Crippen molar-refractivity contribution in [1.29, 1.82) is 0 Å². The second-order valence-corrected chi connectivity index (χ2v) is 11.6. The van der Waals surface area contributed by atoms with Gasteiger partial charge in [-0.15, -0.1) is 0 Å². The number of halogens is 1.